The number of halogens is 1. The standard InChI is InChI=1S/C15H13BrO2/c1-18-15(17)14(10-11-4-2-3-5-11)12-6-8-13(16)9-7-12/h2-10,17H,1H3/b15-14-. The Kier molecular flexibility index (Phi) is 4.05. The van der Waals surface area contributed by atoms with Crippen LogP contribution in [0.3, 0.4) is 0 Å². The van der Waals surface area contributed by atoms with Crippen LogP contribution in [0.1, 0.15) is 5.56 Å². The molecule has 0 spiro atoms. The van der Waals surface area contributed by atoms with Gasteiger partial charge in [-0.25, -0.2) is 0 Å². The Balaban J connectivity index is 2.44. The third-order valence-corrected chi connectivity index (χ3v) is 3.11. The molecule has 0 aliphatic heterocycles. The van der Waals surface area contributed by atoms with Gasteiger partial charge in [-0.15, -0.1) is 0 Å². The van der Waals surface area contributed by atoms with Gasteiger partial charge in [0.05, 0.1) is 12.7 Å². The lowest BCUT2D eigenvalue weighted by molar-refractivity contribution is 0.139. The number of benzene rings is 1. The van der Waals surface area contributed by atoms with Crippen molar-refractivity contribution >= 4 is 21.5 Å². The van der Waals surface area contributed by atoms with Crippen molar-refractivity contribution in [2.45, 2.75) is 0 Å². The van der Waals surface area contributed by atoms with Crippen LogP contribution in [0.2, 0.25) is 0 Å². The predicted octanol–water partition coefficient (Wildman–Crippen LogP) is 4.37. The number of methoxy groups -OCH3 is 1. The van der Waals surface area contributed by atoms with E-state index in [0.29, 0.717) is 5.57 Å². The van der Waals surface area contributed by atoms with Gasteiger partial charge in [0.1, 0.15) is 0 Å². The van der Waals surface area contributed by atoms with Crippen molar-refractivity contribution in [2.24, 2.45) is 0 Å². The molecule has 0 heterocycles. The highest BCUT2D eigenvalue weighted by Crippen LogP contribution is 2.24. The molecular formula is C15H13BrO2. The van der Waals surface area contributed by atoms with Crippen molar-refractivity contribution in [3.8, 4) is 0 Å². The Morgan fingerprint density at radius 1 is 1.17 bits per heavy atom. The zero-order valence-electron chi connectivity index (χ0n) is 9.93. The summed E-state index contributed by atoms with van der Waals surface area (Å²) in [6.07, 6.45) is 9.75. The summed E-state index contributed by atoms with van der Waals surface area (Å²) in [5.74, 6) is -0.0847. The van der Waals surface area contributed by atoms with E-state index in [1.807, 2.05) is 54.6 Å². The molecule has 0 atom stereocenters. The second-order valence-corrected chi connectivity index (χ2v) is 4.71. The molecule has 1 aromatic carbocycles. The summed E-state index contributed by atoms with van der Waals surface area (Å²) >= 11 is 3.39. The van der Waals surface area contributed by atoms with E-state index in [1.54, 1.807) is 0 Å². The van der Waals surface area contributed by atoms with Crippen LogP contribution in [-0.4, -0.2) is 12.2 Å². The molecule has 1 aliphatic carbocycles. The highest BCUT2D eigenvalue weighted by Gasteiger charge is 2.08. The molecular weight excluding hydrogens is 292 g/mol. The first-order valence-electron chi connectivity index (χ1n) is 5.50. The molecule has 18 heavy (non-hydrogen) atoms. The smallest absolute Gasteiger partial charge is 0.284 e. The molecule has 2 rings (SSSR count). The Hall–Kier alpha value is -1.74. The highest BCUT2D eigenvalue weighted by molar-refractivity contribution is 9.10. The second-order valence-electron chi connectivity index (χ2n) is 3.79. The van der Waals surface area contributed by atoms with E-state index in [9.17, 15) is 5.11 Å². The van der Waals surface area contributed by atoms with Gasteiger partial charge >= 0.3 is 0 Å². The van der Waals surface area contributed by atoms with Crippen molar-refractivity contribution in [3.05, 3.63) is 76.2 Å². The predicted molar refractivity (Wildman–Crippen MR) is 77.1 cm³/mol. The molecule has 92 valence electrons. The van der Waals surface area contributed by atoms with Crippen molar-refractivity contribution < 1.29 is 9.84 Å². The lowest BCUT2D eigenvalue weighted by atomic mass is 10.0. The van der Waals surface area contributed by atoms with Gasteiger partial charge < -0.3 is 9.84 Å². The van der Waals surface area contributed by atoms with Gasteiger partial charge in [0, 0.05) is 4.47 Å². The number of ether oxygens (including phenoxy) is 1. The van der Waals surface area contributed by atoms with Gasteiger partial charge in [-0.2, -0.15) is 0 Å². The van der Waals surface area contributed by atoms with Gasteiger partial charge in [-0.05, 0) is 29.3 Å². The summed E-state index contributed by atoms with van der Waals surface area (Å²) in [6, 6.07) is 7.70. The van der Waals surface area contributed by atoms with E-state index in [2.05, 4.69) is 15.9 Å². The van der Waals surface area contributed by atoms with Crippen LogP contribution in [0.15, 0.2) is 70.6 Å². The lowest BCUT2D eigenvalue weighted by Crippen LogP contribution is -1.92. The minimum atomic E-state index is -0.0847. The van der Waals surface area contributed by atoms with Crippen molar-refractivity contribution in [2.75, 3.05) is 7.11 Å². The van der Waals surface area contributed by atoms with Crippen molar-refractivity contribution in [1.82, 2.24) is 0 Å². The molecule has 0 unspecified atom stereocenters. The van der Waals surface area contributed by atoms with Crippen molar-refractivity contribution in [3.63, 3.8) is 0 Å². The summed E-state index contributed by atoms with van der Waals surface area (Å²) in [4.78, 5) is 0. The quantitative estimate of drug-likeness (QED) is 0.840. The fourth-order valence-corrected chi connectivity index (χ4v) is 1.92. The molecule has 1 N–H and O–H groups in total. The van der Waals surface area contributed by atoms with Gasteiger partial charge in [-0.1, -0.05) is 52.4 Å². The van der Waals surface area contributed by atoms with Crippen LogP contribution in [0, 0.1) is 0 Å². The van der Waals surface area contributed by atoms with Crippen LogP contribution in [0.5, 0.6) is 0 Å². The normalized spacial score (nSPS) is 14.7. The fraction of sp³-hybridized carbons (Fsp3) is 0.0667. The summed E-state index contributed by atoms with van der Waals surface area (Å²) in [5.41, 5.74) is 2.59. The maximum absolute atomic E-state index is 9.85. The van der Waals surface area contributed by atoms with E-state index < -0.39 is 0 Å². The van der Waals surface area contributed by atoms with E-state index in [1.165, 1.54) is 7.11 Å². The molecule has 0 saturated carbocycles. The average molecular weight is 305 g/mol. The Bertz CT molecular complexity index is 534. The molecule has 0 radical (unpaired) electrons. The zero-order valence-corrected chi connectivity index (χ0v) is 11.5. The first-order chi connectivity index (χ1) is 8.70. The molecule has 3 heteroatoms. The average Bonchev–Trinajstić information content (AvgIpc) is 2.89. The summed E-state index contributed by atoms with van der Waals surface area (Å²) in [6.45, 7) is 0. The fourth-order valence-electron chi connectivity index (χ4n) is 1.66. The van der Waals surface area contributed by atoms with Crippen LogP contribution < -0.4 is 0 Å². The van der Waals surface area contributed by atoms with Crippen LogP contribution in [0.4, 0.5) is 0 Å². The Morgan fingerprint density at radius 3 is 2.33 bits per heavy atom. The number of hydrogen-bond donors (Lipinski definition) is 1. The first-order valence-corrected chi connectivity index (χ1v) is 6.29. The Morgan fingerprint density at radius 2 is 1.78 bits per heavy atom. The second kappa shape index (κ2) is 5.74. The molecule has 0 bridgehead atoms. The molecule has 1 aromatic rings. The Labute approximate surface area is 115 Å². The highest BCUT2D eigenvalue weighted by atomic mass is 79.9. The third kappa shape index (κ3) is 2.93. The van der Waals surface area contributed by atoms with Gasteiger partial charge in [0.25, 0.3) is 5.95 Å². The van der Waals surface area contributed by atoms with E-state index in [-0.39, 0.29) is 5.95 Å². The first kappa shape index (κ1) is 12.7. The minimum absolute atomic E-state index is 0.0847. The molecule has 0 saturated heterocycles. The molecule has 0 amide bonds. The maximum Gasteiger partial charge on any atom is 0.284 e. The number of aliphatic hydroxyl groups excluding tert-OH is 1. The van der Waals surface area contributed by atoms with Crippen LogP contribution in [0.25, 0.3) is 5.57 Å². The monoisotopic (exact) mass is 304 g/mol. The van der Waals surface area contributed by atoms with Crippen LogP contribution in [-0.2, 0) is 4.74 Å². The number of allylic oxidation sites excluding steroid dienone is 7. The van der Waals surface area contributed by atoms with Crippen molar-refractivity contribution in [1.29, 1.82) is 0 Å². The largest absolute Gasteiger partial charge is 0.481 e. The third-order valence-electron chi connectivity index (χ3n) is 2.58. The number of aliphatic hydroxyl groups is 1. The molecule has 0 aromatic heterocycles. The maximum atomic E-state index is 9.85. The van der Waals surface area contributed by atoms with E-state index in [4.69, 9.17) is 4.74 Å². The van der Waals surface area contributed by atoms with E-state index >= 15 is 0 Å². The molecule has 1 aliphatic rings. The van der Waals surface area contributed by atoms with Gasteiger partial charge in [0.2, 0.25) is 0 Å². The number of rotatable bonds is 3. The summed E-state index contributed by atoms with van der Waals surface area (Å²) in [5, 5.41) is 9.85. The van der Waals surface area contributed by atoms with Crippen LogP contribution >= 0.6 is 15.9 Å². The SMILES string of the molecule is CO/C(O)=C(/C=C1C=CC=C1)c1ccc(Br)cc1. The summed E-state index contributed by atoms with van der Waals surface area (Å²) < 4.78 is 5.93. The molecule has 0 fully saturated rings. The van der Waals surface area contributed by atoms with E-state index in [0.717, 1.165) is 15.6 Å². The zero-order chi connectivity index (χ0) is 13.0. The van der Waals surface area contributed by atoms with Gasteiger partial charge in [-0.3, -0.25) is 0 Å². The summed E-state index contributed by atoms with van der Waals surface area (Å²) in [7, 11) is 1.45. The lowest BCUT2D eigenvalue weighted by Gasteiger charge is -2.07. The number of hydrogen-bond acceptors (Lipinski definition) is 2. The minimum Gasteiger partial charge on any atom is -0.481 e. The topological polar surface area (TPSA) is 29.5 Å². The van der Waals surface area contributed by atoms with Gasteiger partial charge in [0.15, 0.2) is 0 Å². The molecule has 2 nitrogen and oxygen atoms in total.